The average molecular weight is 299 g/mol. The lowest BCUT2D eigenvalue weighted by atomic mass is 10.1. The quantitative estimate of drug-likeness (QED) is 0.871. The van der Waals surface area contributed by atoms with Gasteiger partial charge in [0.1, 0.15) is 0 Å². The Kier molecular flexibility index (Phi) is 3.62. The van der Waals surface area contributed by atoms with E-state index in [1.54, 1.807) is 0 Å². The van der Waals surface area contributed by atoms with E-state index in [1.807, 2.05) is 38.1 Å². The summed E-state index contributed by atoms with van der Waals surface area (Å²) in [5.41, 5.74) is 2.41. The number of rotatable bonds is 3. The Labute approximate surface area is 127 Å². The second kappa shape index (κ2) is 5.59. The van der Waals surface area contributed by atoms with Crippen LogP contribution in [0.3, 0.4) is 0 Å². The van der Waals surface area contributed by atoms with E-state index in [4.69, 9.17) is 0 Å². The maximum Gasteiger partial charge on any atom is 0.274 e. The molecule has 0 radical (unpaired) electrons. The summed E-state index contributed by atoms with van der Waals surface area (Å²) in [4.78, 5) is 24.3. The molecular weight excluding hydrogens is 282 g/mol. The molecule has 2 aromatic rings. The smallest absolute Gasteiger partial charge is 0.274 e. The number of carbonyl (C=O) groups excluding carboxylic acids is 2. The number of fused-ring (bicyclic) bond motifs is 1. The lowest BCUT2D eigenvalue weighted by molar-refractivity contribution is 0.0880. The van der Waals surface area contributed by atoms with Gasteiger partial charge in [0.25, 0.3) is 11.8 Å². The number of amides is 2. The lowest BCUT2D eigenvalue weighted by Gasteiger charge is -2.20. The summed E-state index contributed by atoms with van der Waals surface area (Å²) < 4.78 is 1.48. The third-order valence-corrected chi connectivity index (χ3v) is 3.69. The van der Waals surface area contributed by atoms with E-state index in [1.165, 1.54) is 4.68 Å². The van der Waals surface area contributed by atoms with E-state index in [0.717, 1.165) is 11.1 Å². The van der Waals surface area contributed by atoms with Crippen LogP contribution in [0, 0.1) is 6.92 Å². The largest absolute Gasteiger partial charge is 0.346 e. The molecule has 1 atom stereocenters. The van der Waals surface area contributed by atoms with E-state index in [2.05, 4.69) is 20.9 Å². The average Bonchev–Trinajstić information content (AvgIpc) is 2.90. The van der Waals surface area contributed by atoms with Gasteiger partial charge in [-0.3, -0.25) is 9.59 Å². The van der Waals surface area contributed by atoms with Crippen molar-refractivity contribution in [2.45, 2.75) is 33.0 Å². The number of aromatic nitrogens is 3. The number of hydrogen-bond acceptors (Lipinski definition) is 4. The summed E-state index contributed by atoms with van der Waals surface area (Å²) in [5, 5.41) is 13.3. The molecule has 0 fully saturated rings. The number of nitrogens with zero attached hydrogens (tertiary/aromatic N) is 3. The van der Waals surface area contributed by atoms with E-state index in [-0.39, 0.29) is 23.3 Å². The Morgan fingerprint density at radius 3 is 3.00 bits per heavy atom. The second-order valence-corrected chi connectivity index (χ2v) is 5.45. The Hall–Kier alpha value is -2.70. The zero-order valence-corrected chi connectivity index (χ0v) is 12.5. The van der Waals surface area contributed by atoms with Gasteiger partial charge in [0.2, 0.25) is 0 Å². The van der Waals surface area contributed by atoms with Gasteiger partial charge >= 0.3 is 0 Å². The molecular formula is C15H17N5O2. The van der Waals surface area contributed by atoms with Crippen LogP contribution in [0.25, 0.3) is 0 Å². The highest BCUT2D eigenvalue weighted by molar-refractivity contribution is 6.05. The molecule has 114 valence electrons. The van der Waals surface area contributed by atoms with Gasteiger partial charge in [-0.2, -0.15) is 0 Å². The van der Waals surface area contributed by atoms with Gasteiger partial charge in [0, 0.05) is 12.6 Å². The maximum absolute atomic E-state index is 12.3. The fourth-order valence-corrected chi connectivity index (χ4v) is 2.48. The SMILES string of the molecule is Cc1ccccc1CNC(=O)c1nnn2c1C(=O)N[C@@H](C)C2. The van der Waals surface area contributed by atoms with Crippen molar-refractivity contribution < 1.29 is 9.59 Å². The lowest BCUT2D eigenvalue weighted by Crippen LogP contribution is -2.43. The molecule has 3 rings (SSSR count). The highest BCUT2D eigenvalue weighted by atomic mass is 16.2. The molecule has 1 aromatic heterocycles. The first-order valence-electron chi connectivity index (χ1n) is 7.13. The molecule has 22 heavy (non-hydrogen) atoms. The van der Waals surface area contributed by atoms with Crippen molar-refractivity contribution in [1.29, 1.82) is 0 Å². The number of aryl methyl sites for hydroxylation is 1. The zero-order chi connectivity index (χ0) is 15.7. The third kappa shape index (κ3) is 2.57. The van der Waals surface area contributed by atoms with Gasteiger partial charge in [-0.05, 0) is 25.0 Å². The van der Waals surface area contributed by atoms with Crippen LogP contribution >= 0.6 is 0 Å². The number of hydrogen-bond donors (Lipinski definition) is 2. The molecule has 1 aliphatic heterocycles. The van der Waals surface area contributed by atoms with Crippen LogP contribution in [0.5, 0.6) is 0 Å². The van der Waals surface area contributed by atoms with Gasteiger partial charge in [-0.25, -0.2) is 4.68 Å². The predicted octanol–water partition coefficient (Wildman–Crippen LogP) is 0.648. The van der Waals surface area contributed by atoms with E-state index in [9.17, 15) is 9.59 Å². The topological polar surface area (TPSA) is 88.9 Å². The molecule has 1 aromatic carbocycles. The Bertz CT molecular complexity index is 737. The summed E-state index contributed by atoms with van der Waals surface area (Å²) in [6.45, 7) is 4.76. The highest BCUT2D eigenvalue weighted by Crippen LogP contribution is 2.12. The fraction of sp³-hybridized carbons (Fsp3) is 0.333. The van der Waals surface area contributed by atoms with Gasteiger partial charge in [-0.1, -0.05) is 29.5 Å². The monoisotopic (exact) mass is 299 g/mol. The predicted molar refractivity (Wildman–Crippen MR) is 79.3 cm³/mol. The minimum absolute atomic E-state index is 0.0235. The van der Waals surface area contributed by atoms with E-state index >= 15 is 0 Å². The number of nitrogens with one attached hydrogen (secondary N) is 2. The van der Waals surface area contributed by atoms with Crippen LogP contribution in [0.2, 0.25) is 0 Å². The first kappa shape index (κ1) is 14.2. The molecule has 0 unspecified atom stereocenters. The minimum Gasteiger partial charge on any atom is -0.346 e. The van der Waals surface area contributed by atoms with Crippen molar-refractivity contribution in [1.82, 2.24) is 25.6 Å². The number of benzene rings is 1. The molecule has 0 saturated heterocycles. The third-order valence-electron chi connectivity index (χ3n) is 3.69. The molecule has 1 aliphatic rings. The van der Waals surface area contributed by atoms with E-state index < -0.39 is 5.91 Å². The normalized spacial score (nSPS) is 16.8. The van der Waals surface area contributed by atoms with Crippen LogP contribution in [0.4, 0.5) is 0 Å². The second-order valence-electron chi connectivity index (χ2n) is 5.45. The summed E-state index contributed by atoms with van der Waals surface area (Å²) in [7, 11) is 0. The molecule has 0 saturated carbocycles. The maximum atomic E-state index is 12.3. The van der Waals surface area contributed by atoms with Crippen molar-refractivity contribution >= 4 is 11.8 Å². The molecule has 2 heterocycles. The van der Waals surface area contributed by atoms with Gasteiger partial charge in [0.05, 0.1) is 6.54 Å². The molecule has 2 N–H and O–H groups in total. The molecule has 0 spiro atoms. The van der Waals surface area contributed by atoms with Crippen molar-refractivity contribution in [3.63, 3.8) is 0 Å². The van der Waals surface area contributed by atoms with Gasteiger partial charge < -0.3 is 10.6 Å². The fourth-order valence-electron chi connectivity index (χ4n) is 2.48. The van der Waals surface area contributed by atoms with Crippen LogP contribution in [0.1, 0.15) is 39.0 Å². The first-order chi connectivity index (χ1) is 10.6. The Morgan fingerprint density at radius 1 is 1.45 bits per heavy atom. The van der Waals surface area contributed by atoms with Crippen LogP contribution in [-0.4, -0.2) is 32.9 Å². The molecule has 2 amide bonds. The van der Waals surface area contributed by atoms with Crippen LogP contribution in [0.15, 0.2) is 24.3 Å². The highest BCUT2D eigenvalue weighted by Gasteiger charge is 2.30. The van der Waals surface area contributed by atoms with Crippen molar-refractivity contribution in [3.05, 3.63) is 46.8 Å². The van der Waals surface area contributed by atoms with Crippen LogP contribution in [-0.2, 0) is 13.1 Å². The molecule has 7 nitrogen and oxygen atoms in total. The van der Waals surface area contributed by atoms with Crippen molar-refractivity contribution in [2.24, 2.45) is 0 Å². The summed E-state index contributed by atoms with van der Waals surface area (Å²) in [6.07, 6.45) is 0. The Balaban J connectivity index is 1.77. The summed E-state index contributed by atoms with van der Waals surface area (Å²) >= 11 is 0. The molecule has 7 heteroatoms. The van der Waals surface area contributed by atoms with Crippen molar-refractivity contribution in [2.75, 3.05) is 0 Å². The first-order valence-corrected chi connectivity index (χ1v) is 7.13. The van der Waals surface area contributed by atoms with E-state index in [0.29, 0.717) is 13.1 Å². The standard InChI is InChI=1S/C15H17N5O2/c1-9-5-3-4-6-11(9)7-16-14(21)12-13-15(22)17-10(2)8-20(13)19-18-12/h3-6,10H,7-8H2,1-2H3,(H,16,21)(H,17,22)/t10-/m0/s1. The van der Waals surface area contributed by atoms with Crippen molar-refractivity contribution in [3.8, 4) is 0 Å². The zero-order valence-electron chi connectivity index (χ0n) is 12.5. The number of carbonyl (C=O) groups is 2. The van der Waals surface area contributed by atoms with Crippen LogP contribution < -0.4 is 10.6 Å². The van der Waals surface area contributed by atoms with Gasteiger partial charge in [-0.15, -0.1) is 5.10 Å². The molecule has 0 bridgehead atoms. The summed E-state index contributed by atoms with van der Waals surface area (Å²) in [6, 6.07) is 7.77. The molecule has 0 aliphatic carbocycles. The van der Waals surface area contributed by atoms with Gasteiger partial charge in [0.15, 0.2) is 11.4 Å². The Morgan fingerprint density at radius 2 is 2.23 bits per heavy atom. The minimum atomic E-state index is -0.394. The summed E-state index contributed by atoms with van der Waals surface area (Å²) in [5.74, 6) is -0.709.